The zero-order valence-corrected chi connectivity index (χ0v) is 14.4. The summed E-state index contributed by atoms with van der Waals surface area (Å²) in [5, 5.41) is 0. The van der Waals surface area contributed by atoms with Gasteiger partial charge in [0.05, 0.1) is 6.54 Å². The lowest BCUT2D eigenvalue weighted by atomic mass is 10.1. The van der Waals surface area contributed by atoms with Crippen LogP contribution in [0.3, 0.4) is 0 Å². The van der Waals surface area contributed by atoms with Gasteiger partial charge in [-0.25, -0.2) is 0 Å². The van der Waals surface area contributed by atoms with Gasteiger partial charge >= 0.3 is 0 Å². The maximum absolute atomic E-state index is 12.6. The molecule has 0 unspecified atom stereocenters. The number of hydrogen-bond donors (Lipinski definition) is 1. The van der Waals surface area contributed by atoms with Crippen LogP contribution in [0.2, 0.25) is 0 Å². The highest BCUT2D eigenvalue weighted by Gasteiger charge is 2.15. The predicted octanol–water partition coefficient (Wildman–Crippen LogP) is 2.15. The predicted molar refractivity (Wildman–Crippen MR) is 98.6 cm³/mol. The van der Waals surface area contributed by atoms with Gasteiger partial charge in [-0.3, -0.25) is 9.69 Å². The van der Waals surface area contributed by atoms with Crippen LogP contribution in [0.1, 0.15) is 11.1 Å². The first-order valence-electron chi connectivity index (χ1n) is 8.43. The van der Waals surface area contributed by atoms with Crippen LogP contribution in [0.4, 0.5) is 0 Å². The Kier molecular flexibility index (Phi) is 7.46. The molecule has 0 saturated carbocycles. The third-order valence-electron chi connectivity index (χ3n) is 3.97. The topological polar surface area (TPSA) is 49.6 Å². The van der Waals surface area contributed by atoms with Gasteiger partial charge < -0.3 is 10.6 Å². The number of carbonyl (C=O) groups excluding carboxylic acids is 1. The van der Waals surface area contributed by atoms with Crippen molar-refractivity contribution in [1.82, 2.24) is 9.80 Å². The van der Waals surface area contributed by atoms with Crippen molar-refractivity contribution in [3.8, 4) is 0 Å². The molecule has 2 aromatic rings. The molecule has 128 valence electrons. The van der Waals surface area contributed by atoms with E-state index in [-0.39, 0.29) is 5.91 Å². The van der Waals surface area contributed by atoms with Crippen LogP contribution in [0.25, 0.3) is 0 Å². The van der Waals surface area contributed by atoms with Crippen molar-refractivity contribution in [3.05, 3.63) is 71.8 Å². The SMILES string of the molecule is CN(CC(=O)N(CCN)CCc1ccccc1)Cc1ccccc1. The molecule has 2 N–H and O–H groups in total. The zero-order valence-electron chi connectivity index (χ0n) is 14.4. The molecule has 4 heteroatoms. The largest absolute Gasteiger partial charge is 0.340 e. The average Bonchev–Trinajstić information content (AvgIpc) is 2.60. The summed E-state index contributed by atoms with van der Waals surface area (Å²) in [4.78, 5) is 16.5. The van der Waals surface area contributed by atoms with Crippen molar-refractivity contribution in [2.75, 3.05) is 33.2 Å². The lowest BCUT2D eigenvalue weighted by Crippen LogP contribution is -2.42. The normalized spacial score (nSPS) is 10.8. The second-order valence-electron chi connectivity index (χ2n) is 6.06. The van der Waals surface area contributed by atoms with Crippen LogP contribution in [0, 0.1) is 0 Å². The number of hydrogen-bond acceptors (Lipinski definition) is 3. The molecule has 1 amide bonds. The van der Waals surface area contributed by atoms with E-state index in [0.29, 0.717) is 26.2 Å². The summed E-state index contributed by atoms with van der Waals surface area (Å²) in [5.41, 5.74) is 8.13. The summed E-state index contributed by atoms with van der Waals surface area (Å²) in [7, 11) is 1.97. The Bertz CT molecular complexity index is 601. The Morgan fingerprint density at radius 1 is 0.917 bits per heavy atom. The molecule has 0 aliphatic heterocycles. The van der Waals surface area contributed by atoms with Crippen molar-refractivity contribution in [2.45, 2.75) is 13.0 Å². The molecule has 4 nitrogen and oxygen atoms in total. The van der Waals surface area contributed by atoms with Gasteiger partial charge in [0.1, 0.15) is 0 Å². The summed E-state index contributed by atoms with van der Waals surface area (Å²) < 4.78 is 0. The number of nitrogens with two attached hydrogens (primary N) is 1. The summed E-state index contributed by atoms with van der Waals surface area (Å²) in [5.74, 6) is 0.134. The van der Waals surface area contributed by atoms with Crippen LogP contribution >= 0.6 is 0 Å². The van der Waals surface area contributed by atoms with Gasteiger partial charge in [0.2, 0.25) is 5.91 Å². The van der Waals surface area contributed by atoms with Crippen LogP contribution < -0.4 is 5.73 Å². The fraction of sp³-hybridized carbons (Fsp3) is 0.350. The van der Waals surface area contributed by atoms with Crippen LogP contribution in [0.15, 0.2) is 60.7 Å². The van der Waals surface area contributed by atoms with Gasteiger partial charge in [0.25, 0.3) is 0 Å². The highest BCUT2D eigenvalue weighted by Crippen LogP contribution is 2.05. The standard InChI is InChI=1S/C20H27N3O/c1-22(16-19-10-6-3-7-11-19)17-20(24)23(15-13-21)14-12-18-8-4-2-5-9-18/h2-11H,12-17,21H2,1H3. The van der Waals surface area contributed by atoms with E-state index in [4.69, 9.17) is 5.73 Å². The van der Waals surface area contributed by atoms with Crippen LogP contribution in [-0.4, -0.2) is 48.9 Å². The molecule has 0 aliphatic rings. The minimum atomic E-state index is 0.134. The minimum absolute atomic E-state index is 0.134. The summed E-state index contributed by atoms with van der Waals surface area (Å²) >= 11 is 0. The molecule has 0 bridgehead atoms. The van der Waals surface area contributed by atoms with E-state index >= 15 is 0 Å². The summed E-state index contributed by atoms with van der Waals surface area (Å²) in [6.07, 6.45) is 0.856. The molecule has 0 spiro atoms. The van der Waals surface area contributed by atoms with Crippen LogP contribution in [-0.2, 0) is 17.8 Å². The molecular weight excluding hydrogens is 298 g/mol. The highest BCUT2D eigenvalue weighted by molar-refractivity contribution is 5.78. The molecule has 2 aromatic carbocycles. The van der Waals surface area contributed by atoms with E-state index in [0.717, 1.165) is 13.0 Å². The van der Waals surface area contributed by atoms with Gasteiger partial charge in [-0.15, -0.1) is 0 Å². The first kappa shape index (κ1) is 18.2. The van der Waals surface area contributed by atoms with E-state index in [1.54, 1.807) is 0 Å². The molecule has 0 aromatic heterocycles. The van der Waals surface area contributed by atoms with Crippen molar-refractivity contribution < 1.29 is 4.79 Å². The van der Waals surface area contributed by atoms with E-state index in [9.17, 15) is 4.79 Å². The van der Waals surface area contributed by atoms with E-state index in [1.807, 2.05) is 53.2 Å². The maximum Gasteiger partial charge on any atom is 0.236 e. The molecule has 0 saturated heterocycles. The van der Waals surface area contributed by atoms with Crippen LogP contribution in [0.5, 0.6) is 0 Å². The molecular formula is C20H27N3O. The van der Waals surface area contributed by atoms with Crippen molar-refractivity contribution in [3.63, 3.8) is 0 Å². The third-order valence-corrected chi connectivity index (χ3v) is 3.97. The molecule has 0 aliphatic carbocycles. The van der Waals surface area contributed by atoms with E-state index < -0.39 is 0 Å². The fourth-order valence-electron chi connectivity index (χ4n) is 2.71. The third kappa shape index (κ3) is 6.14. The lowest BCUT2D eigenvalue weighted by Gasteiger charge is -2.25. The average molecular weight is 325 g/mol. The first-order chi connectivity index (χ1) is 11.7. The Labute approximate surface area is 144 Å². The zero-order chi connectivity index (χ0) is 17.2. The maximum atomic E-state index is 12.6. The second kappa shape index (κ2) is 9.85. The van der Waals surface area contributed by atoms with Gasteiger partial charge in [-0.2, -0.15) is 0 Å². The smallest absolute Gasteiger partial charge is 0.236 e. The van der Waals surface area contributed by atoms with Gasteiger partial charge in [-0.1, -0.05) is 60.7 Å². The van der Waals surface area contributed by atoms with Crippen molar-refractivity contribution in [1.29, 1.82) is 0 Å². The number of rotatable bonds is 9. The van der Waals surface area contributed by atoms with Gasteiger partial charge in [-0.05, 0) is 24.6 Å². The van der Waals surface area contributed by atoms with E-state index in [2.05, 4.69) is 24.3 Å². The molecule has 0 fully saturated rings. The van der Waals surface area contributed by atoms with Crippen molar-refractivity contribution >= 4 is 5.91 Å². The molecule has 0 radical (unpaired) electrons. The summed E-state index contributed by atoms with van der Waals surface area (Å²) in [6, 6.07) is 20.4. The number of benzene rings is 2. The Balaban J connectivity index is 1.85. The second-order valence-corrected chi connectivity index (χ2v) is 6.06. The van der Waals surface area contributed by atoms with Gasteiger partial charge in [0.15, 0.2) is 0 Å². The quantitative estimate of drug-likeness (QED) is 0.768. The van der Waals surface area contributed by atoms with E-state index in [1.165, 1.54) is 11.1 Å². The number of carbonyl (C=O) groups is 1. The Hall–Kier alpha value is -2.17. The van der Waals surface area contributed by atoms with Crippen molar-refractivity contribution in [2.24, 2.45) is 5.73 Å². The monoisotopic (exact) mass is 325 g/mol. The molecule has 0 atom stereocenters. The molecule has 0 heterocycles. The minimum Gasteiger partial charge on any atom is -0.340 e. The molecule has 2 rings (SSSR count). The summed E-state index contributed by atoms with van der Waals surface area (Å²) in [6.45, 7) is 2.97. The number of amides is 1. The Morgan fingerprint density at radius 3 is 2.08 bits per heavy atom. The molecule has 24 heavy (non-hydrogen) atoms. The number of nitrogens with zero attached hydrogens (tertiary/aromatic N) is 2. The van der Waals surface area contributed by atoms with Gasteiger partial charge in [0, 0.05) is 26.2 Å². The Morgan fingerprint density at radius 2 is 1.50 bits per heavy atom. The number of likely N-dealkylation sites (N-methyl/N-ethyl adjacent to an activating group) is 1. The highest BCUT2D eigenvalue weighted by atomic mass is 16.2. The lowest BCUT2D eigenvalue weighted by molar-refractivity contribution is -0.132. The first-order valence-corrected chi connectivity index (χ1v) is 8.43. The fourth-order valence-corrected chi connectivity index (χ4v) is 2.71.